The second kappa shape index (κ2) is 6.78. The summed E-state index contributed by atoms with van der Waals surface area (Å²) < 4.78 is 29.9. The summed E-state index contributed by atoms with van der Waals surface area (Å²) in [4.78, 5) is 12.4. The molecule has 2 N–H and O–H groups in total. The van der Waals surface area contributed by atoms with Crippen molar-refractivity contribution in [1.29, 1.82) is 0 Å². The van der Waals surface area contributed by atoms with Gasteiger partial charge in [0.15, 0.2) is 5.76 Å². The number of rotatable bonds is 5. The molecule has 7 heteroatoms. The van der Waals surface area contributed by atoms with Crippen molar-refractivity contribution in [2.45, 2.75) is 31.8 Å². The molecule has 0 saturated carbocycles. The van der Waals surface area contributed by atoms with Gasteiger partial charge in [-0.15, -0.1) is 0 Å². The van der Waals surface area contributed by atoms with Gasteiger partial charge in [-0.3, -0.25) is 4.79 Å². The minimum Gasteiger partial charge on any atom is -0.455 e. The first-order valence-corrected chi connectivity index (χ1v) is 9.73. The summed E-state index contributed by atoms with van der Waals surface area (Å²) in [5, 5.41) is 3.01. The zero-order valence-corrected chi connectivity index (χ0v) is 14.2. The van der Waals surface area contributed by atoms with Crippen LogP contribution in [0.1, 0.15) is 46.3 Å². The van der Waals surface area contributed by atoms with Crippen molar-refractivity contribution >= 4 is 15.9 Å². The number of aryl methyl sites for hydroxylation is 1. The maximum Gasteiger partial charge on any atom is 0.287 e. The topological polar surface area (TPSA) is 88.4 Å². The number of benzene rings is 1. The van der Waals surface area contributed by atoms with Gasteiger partial charge < -0.3 is 9.73 Å². The molecule has 1 aromatic carbocycles. The Hall–Kier alpha value is -2.12. The van der Waals surface area contributed by atoms with Crippen LogP contribution in [-0.2, 0) is 23.0 Å². The fourth-order valence-corrected chi connectivity index (χ4v) is 3.33. The molecule has 1 aliphatic rings. The zero-order chi connectivity index (χ0) is 17.2. The van der Waals surface area contributed by atoms with E-state index in [-0.39, 0.29) is 24.3 Å². The molecular weight excluding hydrogens is 328 g/mol. The Balaban J connectivity index is 1.67. The van der Waals surface area contributed by atoms with E-state index in [0.29, 0.717) is 5.76 Å². The second-order valence-electron chi connectivity index (χ2n) is 5.98. The third-order valence-corrected chi connectivity index (χ3v) is 4.74. The lowest BCUT2D eigenvalue weighted by Crippen LogP contribution is -2.30. The lowest BCUT2D eigenvalue weighted by Gasteiger charge is -2.25. The fourth-order valence-electron chi connectivity index (χ4n) is 2.93. The smallest absolute Gasteiger partial charge is 0.287 e. The van der Waals surface area contributed by atoms with Gasteiger partial charge in [-0.25, -0.2) is 13.1 Å². The van der Waals surface area contributed by atoms with Crippen molar-refractivity contribution < 1.29 is 17.6 Å². The van der Waals surface area contributed by atoms with E-state index in [2.05, 4.69) is 16.1 Å². The van der Waals surface area contributed by atoms with Crippen LogP contribution in [0.2, 0.25) is 0 Å². The molecule has 128 valence electrons. The summed E-state index contributed by atoms with van der Waals surface area (Å²) in [5.41, 5.74) is 2.43. The van der Waals surface area contributed by atoms with Gasteiger partial charge >= 0.3 is 0 Å². The predicted octanol–water partition coefficient (Wildman–Crippen LogP) is 2.14. The summed E-state index contributed by atoms with van der Waals surface area (Å²) in [7, 11) is -3.30. The average Bonchev–Trinajstić information content (AvgIpc) is 3.02. The Morgan fingerprint density at radius 1 is 1.25 bits per heavy atom. The molecule has 1 aromatic heterocycles. The number of furan rings is 1. The minimum atomic E-state index is -3.30. The molecule has 24 heavy (non-hydrogen) atoms. The van der Waals surface area contributed by atoms with Gasteiger partial charge in [-0.05, 0) is 42.5 Å². The van der Waals surface area contributed by atoms with E-state index in [1.54, 1.807) is 12.1 Å². The molecule has 1 aliphatic carbocycles. The minimum absolute atomic E-state index is 0.0230. The number of amides is 1. The normalized spacial score (nSPS) is 17.3. The first-order chi connectivity index (χ1) is 11.4. The Labute approximate surface area is 141 Å². The van der Waals surface area contributed by atoms with E-state index in [9.17, 15) is 13.2 Å². The number of carbonyl (C=O) groups excluding carboxylic acids is 1. The van der Waals surface area contributed by atoms with Crippen LogP contribution in [-0.4, -0.2) is 20.6 Å². The molecule has 0 spiro atoms. The lowest BCUT2D eigenvalue weighted by atomic mass is 9.88. The van der Waals surface area contributed by atoms with Gasteiger partial charge in [0.05, 0.1) is 18.8 Å². The molecule has 6 nitrogen and oxygen atoms in total. The van der Waals surface area contributed by atoms with Crippen molar-refractivity contribution in [2.75, 3.05) is 6.26 Å². The maximum atomic E-state index is 12.4. The molecule has 0 aliphatic heterocycles. The van der Waals surface area contributed by atoms with Crippen molar-refractivity contribution in [3.63, 3.8) is 0 Å². The summed E-state index contributed by atoms with van der Waals surface area (Å²) in [6.45, 7) is 0.0262. The van der Waals surface area contributed by atoms with Crippen molar-refractivity contribution in [2.24, 2.45) is 0 Å². The molecule has 1 heterocycles. The number of hydrogen-bond acceptors (Lipinski definition) is 4. The van der Waals surface area contributed by atoms with Crippen LogP contribution in [0.15, 0.2) is 40.8 Å². The number of hydrogen-bond donors (Lipinski definition) is 2. The van der Waals surface area contributed by atoms with Crippen LogP contribution in [0.4, 0.5) is 0 Å². The Bertz CT molecular complexity index is 842. The van der Waals surface area contributed by atoms with E-state index in [4.69, 9.17) is 4.42 Å². The molecule has 1 amide bonds. The van der Waals surface area contributed by atoms with Crippen molar-refractivity contribution in [3.05, 3.63) is 59.0 Å². The maximum absolute atomic E-state index is 12.4. The lowest BCUT2D eigenvalue weighted by molar-refractivity contribution is 0.0903. The van der Waals surface area contributed by atoms with E-state index >= 15 is 0 Å². The molecular formula is C17H20N2O4S. The summed E-state index contributed by atoms with van der Waals surface area (Å²) in [5.74, 6) is 0.292. The predicted molar refractivity (Wildman–Crippen MR) is 90.0 cm³/mol. The Kier molecular flexibility index (Phi) is 4.73. The van der Waals surface area contributed by atoms with Crippen LogP contribution in [0.5, 0.6) is 0 Å². The Morgan fingerprint density at radius 3 is 2.83 bits per heavy atom. The highest BCUT2D eigenvalue weighted by Gasteiger charge is 2.23. The number of nitrogens with one attached hydrogen (secondary N) is 2. The molecule has 0 unspecified atom stereocenters. The van der Waals surface area contributed by atoms with Crippen LogP contribution in [0.25, 0.3) is 0 Å². The first-order valence-electron chi connectivity index (χ1n) is 7.84. The third-order valence-electron chi connectivity index (χ3n) is 4.07. The highest BCUT2D eigenvalue weighted by Crippen LogP contribution is 2.29. The standard InChI is InChI=1S/C17H20N2O4S/c1-24(21,22)18-11-13-9-10-16(23-13)17(20)19-15-8-4-6-12-5-2-3-7-14(12)15/h2-3,5,7,9-10,15,18H,4,6,8,11H2,1H3,(H,19,20)/t15-/m1/s1. The molecule has 0 bridgehead atoms. The highest BCUT2D eigenvalue weighted by molar-refractivity contribution is 7.88. The summed E-state index contributed by atoms with van der Waals surface area (Å²) >= 11 is 0. The van der Waals surface area contributed by atoms with Crippen LogP contribution >= 0.6 is 0 Å². The van der Waals surface area contributed by atoms with Crippen molar-refractivity contribution in [1.82, 2.24) is 10.0 Å². The largest absolute Gasteiger partial charge is 0.455 e. The quantitative estimate of drug-likeness (QED) is 0.866. The second-order valence-corrected chi connectivity index (χ2v) is 7.81. The van der Waals surface area contributed by atoms with Gasteiger partial charge in [-0.2, -0.15) is 0 Å². The third kappa shape index (κ3) is 4.04. The van der Waals surface area contributed by atoms with Crippen LogP contribution in [0.3, 0.4) is 0 Å². The van der Waals surface area contributed by atoms with E-state index in [1.165, 1.54) is 5.56 Å². The summed E-state index contributed by atoms with van der Waals surface area (Å²) in [6, 6.07) is 11.3. The molecule has 0 saturated heterocycles. The van der Waals surface area contributed by atoms with Gasteiger partial charge in [-0.1, -0.05) is 24.3 Å². The van der Waals surface area contributed by atoms with Gasteiger partial charge in [0.25, 0.3) is 5.91 Å². The van der Waals surface area contributed by atoms with Crippen LogP contribution < -0.4 is 10.0 Å². The first kappa shape index (κ1) is 16.7. The Morgan fingerprint density at radius 2 is 2.04 bits per heavy atom. The van der Waals surface area contributed by atoms with Gasteiger partial charge in [0, 0.05) is 0 Å². The molecule has 0 radical (unpaired) electrons. The zero-order valence-electron chi connectivity index (χ0n) is 13.4. The summed E-state index contributed by atoms with van der Waals surface area (Å²) in [6.07, 6.45) is 4.03. The van der Waals surface area contributed by atoms with Gasteiger partial charge in [0.2, 0.25) is 10.0 Å². The van der Waals surface area contributed by atoms with Gasteiger partial charge in [0.1, 0.15) is 5.76 Å². The monoisotopic (exact) mass is 348 g/mol. The van der Waals surface area contributed by atoms with E-state index in [1.807, 2.05) is 18.2 Å². The van der Waals surface area contributed by atoms with Crippen LogP contribution in [0, 0.1) is 0 Å². The van der Waals surface area contributed by atoms with E-state index < -0.39 is 10.0 Å². The molecule has 1 atom stereocenters. The van der Waals surface area contributed by atoms with Crippen molar-refractivity contribution in [3.8, 4) is 0 Å². The molecule has 2 aromatic rings. The fraction of sp³-hybridized carbons (Fsp3) is 0.353. The van der Waals surface area contributed by atoms with E-state index in [0.717, 1.165) is 31.1 Å². The number of sulfonamides is 1. The highest BCUT2D eigenvalue weighted by atomic mass is 32.2. The molecule has 3 rings (SSSR count). The number of carbonyl (C=O) groups is 1. The molecule has 0 fully saturated rings. The SMILES string of the molecule is CS(=O)(=O)NCc1ccc(C(=O)N[C@@H]2CCCc3ccccc32)o1. The number of fused-ring (bicyclic) bond motifs is 1. The average molecular weight is 348 g/mol.